The van der Waals surface area contributed by atoms with Crippen LogP contribution in [0.15, 0.2) is 68.6 Å². The minimum atomic E-state index is 0.0317. The Morgan fingerprint density at radius 2 is 1.50 bits per heavy atom. The number of carbonyl (C=O) groups excluding carboxylic acids is 1. The quantitative estimate of drug-likeness (QED) is 0.343. The fourth-order valence-electron chi connectivity index (χ4n) is 1.79. The number of hydrogen-bond donors (Lipinski definition) is 0. The van der Waals surface area contributed by atoms with E-state index in [1.165, 1.54) is 11.8 Å². The number of ketones is 1. The minimum absolute atomic E-state index is 0.0317. The Balaban J connectivity index is 2.38. The SMILES string of the molecule is CSC(SC)=C(Sc1ccccc1)C(=O)c1ccc(Cl)cc1. The molecule has 0 aliphatic rings. The van der Waals surface area contributed by atoms with Crippen molar-refractivity contribution in [2.75, 3.05) is 12.5 Å². The average Bonchev–Trinajstić information content (AvgIpc) is 2.56. The van der Waals surface area contributed by atoms with Crippen LogP contribution in [0.25, 0.3) is 0 Å². The van der Waals surface area contributed by atoms with Gasteiger partial charge in [-0.25, -0.2) is 0 Å². The van der Waals surface area contributed by atoms with E-state index in [0.29, 0.717) is 10.6 Å². The third-order valence-electron chi connectivity index (χ3n) is 2.83. The number of halogens is 1. The molecule has 2 rings (SSSR count). The van der Waals surface area contributed by atoms with Crippen molar-refractivity contribution in [3.63, 3.8) is 0 Å². The van der Waals surface area contributed by atoms with Gasteiger partial charge in [0.15, 0.2) is 0 Å². The summed E-state index contributed by atoms with van der Waals surface area (Å²) in [5, 5.41) is 0.632. The molecule has 0 fully saturated rings. The Kier molecular flexibility index (Phi) is 6.96. The number of allylic oxidation sites excluding steroid dienone is 1. The summed E-state index contributed by atoms with van der Waals surface area (Å²) in [4.78, 5) is 14.7. The molecule has 2 aromatic carbocycles. The van der Waals surface area contributed by atoms with Crippen LogP contribution in [-0.4, -0.2) is 18.3 Å². The molecular formula is C17H15ClOS3. The molecule has 0 saturated heterocycles. The fourth-order valence-corrected chi connectivity index (χ4v) is 4.71. The van der Waals surface area contributed by atoms with Crippen molar-refractivity contribution >= 4 is 52.7 Å². The van der Waals surface area contributed by atoms with Crippen LogP contribution in [0.3, 0.4) is 0 Å². The van der Waals surface area contributed by atoms with E-state index >= 15 is 0 Å². The maximum absolute atomic E-state index is 12.9. The molecule has 0 unspecified atom stereocenters. The molecule has 0 aliphatic heterocycles. The molecule has 0 radical (unpaired) electrons. The lowest BCUT2D eigenvalue weighted by atomic mass is 10.1. The first-order valence-electron chi connectivity index (χ1n) is 6.51. The van der Waals surface area contributed by atoms with Gasteiger partial charge in [0.1, 0.15) is 0 Å². The number of Topliss-reactive ketones (excluding diaryl/α,β-unsaturated/α-hetero) is 1. The Hall–Kier alpha value is -0.810. The molecule has 114 valence electrons. The molecule has 2 aromatic rings. The number of carbonyl (C=O) groups is 1. The smallest absolute Gasteiger partial charge is 0.201 e. The van der Waals surface area contributed by atoms with Crippen molar-refractivity contribution in [1.82, 2.24) is 0 Å². The van der Waals surface area contributed by atoms with Crippen molar-refractivity contribution in [1.29, 1.82) is 0 Å². The van der Waals surface area contributed by atoms with E-state index < -0.39 is 0 Å². The molecule has 0 aliphatic carbocycles. The molecular weight excluding hydrogens is 352 g/mol. The van der Waals surface area contributed by atoms with Crippen LogP contribution in [0.4, 0.5) is 0 Å². The summed E-state index contributed by atoms with van der Waals surface area (Å²) in [5.74, 6) is 0.0317. The summed E-state index contributed by atoms with van der Waals surface area (Å²) < 4.78 is 1.02. The van der Waals surface area contributed by atoms with Gasteiger partial charge in [-0.2, -0.15) is 0 Å². The highest BCUT2D eigenvalue weighted by Crippen LogP contribution is 2.39. The predicted octanol–water partition coefficient (Wildman–Crippen LogP) is 6.21. The zero-order chi connectivity index (χ0) is 15.9. The summed E-state index contributed by atoms with van der Waals surface area (Å²) >= 11 is 10.6. The lowest BCUT2D eigenvalue weighted by molar-refractivity contribution is 0.104. The molecule has 22 heavy (non-hydrogen) atoms. The maximum atomic E-state index is 12.9. The monoisotopic (exact) mass is 366 g/mol. The number of hydrogen-bond acceptors (Lipinski definition) is 4. The zero-order valence-electron chi connectivity index (χ0n) is 12.2. The van der Waals surface area contributed by atoms with Crippen molar-refractivity contribution in [3.05, 3.63) is 74.3 Å². The van der Waals surface area contributed by atoms with E-state index in [0.717, 1.165) is 14.0 Å². The van der Waals surface area contributed by atoms with Crippen molar-refractivity contribution in [2.24, 2.45) is 0 Å². The van der Waals surface area contributed by atoms with Gasteiger partial charge < -0.3 is 0 Å². The molecule has 0 spiro atoms. The first kappa shape index (κ1) is 17.5. The van der Waals surface area contributed by atoms with E-state index in [4.69, 9.17) is 11.6 Å². The summed E-state index contributed by atoms with van der Waals surface area (Å²) in [6.45, 7) is 0. The molecule has 0 heterocycles. The fraction of sp³-hybridized carbons (Fsp3) is 0.118. The predicted molar refractivity (Wildman–Crippen MR) is 102 cm³/mol. The van der Waals surface area contributed by atoms with Gasteiger partial charge >= 0.3 is 0 Å². The van der Waals surface area contributed by atoms with Gasteiger partial charge in [0.2, 0.25) is 5.78 Å². The van der Waals surface area contributed by atoms with Crippen molar-refractivity contribution in [3.8, 4) is 0 Å². The topological polar surface area (TPSA) is 17.1 Å². The first-order valence-corrected chi connectivity index (χ1v) is 10.2. The highest BCUT2D eigenvalue weighted by molar-refractivity contribution is 8.22. The van der Waals surface area contributed by atoms with Crippen LogP contribution in [0.5, 0.6) is 0 Å². The van der Waals surface area contributed by atoms with E-state index in [1.54, 1.807) is 47.8 Å². The molecule has 0 amide bonds. The van der Waals surface area contributed by atoms with Crippen LogP contribution < -0.4 is 0 Å². The van der Waals surface area contributed by atoms with Crippen LogP contribution in [0.1, 0.15) is 10.4 Å². The molecule has 0 saturated carbocycles. The van der Waals surface area contributed by atoms with Crippen LogP contribution in [0.2, 0.25) is 5.02 Å². The lowest BCUT2D eigenvalue weighted by Crippen LogP contribution is -2.02. The van der Waals surface area contributed by atoms with E-state index in [9.17, 15) is 4.79 Å². The highest BCUT2D eigenvalue weighted by atomic mass is 35.5. The van der Waals surface area contributed by atoms with E-state index in [2.05, 4.69) is 0 Å². The van der Waals surface area contributed by atoms with Gasteiger partial charge in [0.05, 0.1) is 9.14 Å². The second-order valence-corrected chi connectivity index (χ2v) is 7.69. The Bertz CT molecular complexity index is 660. The minimum Gasteiger partial charge on any atom is -0.288 e. The number of thioether (sulfide) groups is 3. The molecule has 0 atom stereocenters. The second-order valence-electron chi connectivity index (χ2n) is 4.28. The zero-order valence-corrected chi connectivity index (χ0v) is 15.4. The lowest BCUT2D eigenvalue weighted by Gasteiger charge is -2.11. The summed E-state index contributed by atoms with van der Waals surface area (Å²) in [6.07, 6.45) is 3.99. The van der Waals surface area contributed by atoms with Crippen molar-refractivity contribution < 1.29 is 4.79 Å². The number of benzene rings is 2. The summed E-state index contributed by atoms with van der Waals surface area (Å²) in [7, 11) is 0. The third kappa shape index (κ3) is 4.59. The number of rotatable bonds is 6. The normalized spacial score (nSPS) is 10.3. The molecule has 0 N–H and O–H groups in total. The van der Waals surface area contributed by atoms with Crippen LogP contribution >= 0.6 is 46.9 Å². The third-order valence-corrected chi connectivity index (χ3v) is 6.59. The molecule has 1 nitrogen and oxygen atoms in total. The largest absolute Gasteiger partial charge is 0.288 e. The summed E-state index contributed by atoms with van der Waals surface area (Å²) in [5.41, 5.74) is 0.656. The van der Waals surface area contributed by atoms with Crippen LogP contribution in [-0.2, 0) is 0 Å². The van der Waals surface area contributed by atoms with E-state index in [1.807, 2.05) is 42.8 Å². The molecule has 0 bridgehead atoms. The first-order chi connectivity index (χ1) is 10.7. The standard InChI is InChI=1S/C17H15ClOS3/c1-20-17(21-2)16(22-14-6-4-3-5-7-14)15(19)12-8-10-13(18)11-9-12/h3-11H,1-2H3. The van der Waals surface area contributed by atoms with Crippen molar-refractivity contribution in [2.45, 2.75) is 4.90 Å². The Morgan fingerprint density at radius 1 is 0.909 bits per heavy atom. The van der Waals surface area contributed by atoms with E-state index in [-0.39, 0.29) is 5.78 Å². The second kappa shape index (κ2) is 8.73. The average molecular weight is 367 g/mol. The van der Waals surface area contributed by atoms with Gasteiger partial charge in [-0.3, -0.25) is 4.79 Å². The van der Waals surface area contributed by atoms with Gasteiger partial charge in [-0.15, -0.1) is 23.5 Å². The molecule has 0 aromatic heterocycles. The Morgan fingerprint density at radius 3 is 2.05 bits per heavy atom. The summed E-state index contributed by atoms with van der Waals surface area (Å²) in [6, 6.07) is 17.0. The van der Waals surface area contributed by atoms with Gasteiger partial charge in [0.25, 0.3) is 0 Å². The maximum Gasteiger partial charge on any atom is 0.201 e. The van der Waals surface area contributed by atoms with Gasteiger partial charge in [-0.05, 0) is 48.9 Å². The molecule has 5 heteroatoms. The van der Waals surface area contributed by atoms with Gasteiger partial charge in [0, 0.05) is 15.5 Å². The Labute approximate surface area is 148 Å². The van der Waals surface area contributed by atoms with Gasteiger partial charge in [-0.1, -0.05) is 41.6 Å². The van der Waals surface area contributed by atoms with Crippen LogP contribution in [0, 0.1) is 0 Å². The highest BCUT2D eigenvalue weighted by Gasteiger charge is 2.18.